The van der Waals surface area contributed by atoms with Crippen molar-refractivity contribution in [1.29, 1.82) is 0 Å². The topological polar surface area (TPSA) is 78.1 Å². The molecule has 0 aromatic heterocycles. The first-order valence-electron chi connectivity index (χ1n) is 9.40. The van der Waals surface area contributed by atoms with Gasteiger partial charge >= 0.3 is 0 Å². The Morgan fingerprint density at radius 3 is 2.45 bits per heavy atom. The van der Waals surface area contributed by atoms with Crippen LogP contribution < -0.4 is 25.3 Å². The standard InChI is InChI=1S/C23H21N3O3/c1-27-15-7-4-14(5-8-15)19-20-17-11-16(28-2)9-3-13(17)6-10-18(20)29-23-21(19)22(24)25-12-26-23/h3-12,19,22H,24H2,1-2H3,(H,25,26). The minimum atomic E-state index is -0.493. The molecule has 2 aliphatic rings. The molecule has 29 heavy (non-hydrogen) atoms. The molecule has 0 fully saturated rings. The lowest BCUT2D eigenvalue weighted by Gasteiger charge is -2.35. The van der Waals surface area contributed by atoms with Crippen LogP contribution in [-0.4, -0.2) is 26.7 Å². The highest BCUT2D eigenvalue weighted by molar-refractivity contribution is 5.91. The summed E-state index contributed by atoms with van der Waals surface area (Å²) in [7, 11) is 3.33. The summed E-state index contributed by atoms with van der Waals surface area (Å²) >= 11 is 0. The molecule has 6 heteroatoms. The Morgan fingerprint density at radius 2 is 1.69 bits per heavy atom. The molecule has 146 valence electrons. The van der Waals surface area contributed by atoms with Crippen LogP contribution in [0.5, 0.6) is 17.2 Å². The third kappa shape index (κ3) is 2.80. The van der Waals surface area contributed by atoms with Gasteiger partial charge in [0.1, 0.15) is 23.4 Å². The molecule has 0 saturated heterocycles. The summed E-state index contributed by atoms with van der Waals surface area (Å²) in [4.78, 5) is 4.36. The van der Waals surface area contributed by atoms with Gasteiger partial charge in [-0.25, -0.2) is 0 Å². The van der Waals surface area contributed by atoms with Gasteiger partial charge in [0.15, 0.2) is 0 Å². The van der Waals surface area contributed by atoms with Gasteiger partial charge in [-0.15, -0.1) is 0 Å². The smallest absolute Gasteiger partial charge is 0.202 e. The van der Waals surface area contributed by atoms with Gasteiger partial charge in [0, 0.05) is 17.1 Å². The zero-order chi connectivity index (χ0) is 20.0. The number of fused-ring (bicyclic) bond motifs is 3. The van der Waals surface area contributed by atoms with E-state index in [9.17, 15) is 0 Å². The first-order valence-corrected chi connectivity index (χ1v) is 9.40. The largest absolute Gasteiger partial charge is 0.497 e. The minimum Gasteiger partial charge on any atom is -0.497 e. The number of benzene rings is 3. The van der Waals surface area contributed by atoms with E-state index < -0.39 is 6.17 Å². The molecule has 3 aromatic carbocycles. The summed E-state index contributed by atoms with van der Waals surface area (Å²) in [6.07, 6.45) is 1.09. The van der Waals surface area contributed by atoms with Crippen molar-refractivity contribution in [2.75, 3.05) is 14.2 Å². The third-order valence-corrected chi connectivity index (χ3v) is 5.50. The molecule has 2 aliphatic heterocycles. The quantitative estimate of drug-likeness (QED) is 0.719. The number of hydrogen-bond donors (Lipinski definition) is 2. The van der Waals surface area contributed by atoms with Gasteiger partial charge in [-0.05, 0) is 46.7 Å². The Kier molecular flexibility index (Phi) is 4.14. The number of hydrogen-bond acceptors (Lipinski definition) is 6. The second-order valence-electron chi connectivity index (χ2n) is 7.02. The molecule has 0 saturated carbocycles. The van der Waals surface area contributed by atoms with Crippen molar-refractivity contribution in [2.45, 2.75) is 12.1 Å². The lowest BCUT2D eigenvalue weighted by Crippen LogP contribution is -2.38. The molecule has 0 radical (unpaired) electrons. The molecule has 0 bridgehead atoms. The van der Waals surface area contributed by atoms with E-state index in [1.54, 1.807) is 20.6 Å². The van der Waals surface area contributed by atoms with Crippen LogP contribution in [0.25, 0.3) is 10.8 Å². The molecule has 6 nitrogen and oxygen atoms in total. The van der Waals surface area contributed by atoms with Gasteiger partial charge in [-0.1, -0.05) is 24.3 Å². The highest BCUT2D eigenvalue weighted by Crippen LogP contribution is 2.48. The average molecular weight is 387 g/mol. The maximum atomic E-state index is 6.41. The zero-order valence-corrected chi connectivity index (χ0v) is 16.2. The Morgan fingerprint density at radius 1 is 0.966 bits per heavy atom. The van der Waals surface area contributed by atoms with Crippen LogP contribution in [0.2, 0.25) is 0 Å². The molecular weight excluding hydrogens is 366 g/mol. The molecule has 2 heterocycles. The Bertz CT molecular complexity index is 1150. The van der Waals surface area contributed by atoms with Gasteiger partial charge in [0.25, 0.3) is 0 Å². The molecular formula is C23H21N3O3. The van der Waals surface area contributed by atoms with Gasteiger partial charge < -0.3 is 25.3 Å². The van der Waals surface area contributed by atoms with Crippen LogP contribution in [0, 0.1) is 0 Å². The van der Waals surface area contributed by atoms with Crippen LogP contribution in [0.3, 0.4) is 0 Å². The Balaban J connectivity index is 1.79. The summed E-state index contributed by atoms with van der Waals surface area (Å²) in [6, 6.07) is 18.2. The Hall–Kier alpha value is -3.51. The molecule has 3 aromatic rings. The number of ether oxygens (including phenoxy) is 3. The summed E-state index contributed by atoms with van der Waals surface area (Å²) in [5.74, 6) is 2.92. The third-order valence-electron chi connectivity index (χ3n) is 5.50. The second kappa shape index (κ2) is 6.83. The van der Waals surface area contributed by atoms with Crippen LogP contribution >= 0.6 is 0 Å². The first-order chi connectivity index (χ1) is 14.2. The SMILES string of the molecule is COc1ccc(C2C3=C(NC=NC3N)Oc3ccc4ccc(OC)cc4c32)cc1. The van der Waals surface area contributed by atoms with E-state index in [0.29, 0.717) is 5.88 Å². The van der Waals surface area contributed by atoms with Gasteiger partial charge in [0.05, 0.1) is 20.6 Å². The molecule has 2 unspecified atom stereocenters. The number of rotatable bonds is 3. The van der Waals surface area contributed by atoms with Crippen LogP contribution in [0.1, 0.15) is 17.0 Å². The monoisotopic (exact) mass is 387 g/mol. The molecule has 5 rings (SSSR count). The van der Waals surface area contributed by atoms with Crippen molar-refractivity contribution in [1.82, 2.24) is 5.32 Å². The number of nitrogens with zero attached hydrogens (tertiary/aromatic N) is 1. The summed E-state index contributed by atoms with van der Waals surface area (Å²) < 4.78 is 17.0. The fourth-order valence-corrected chi connectivity index (χ4v) is 4.09. The van der Waals surface area contributed by atoms with Crippen LogP contribution in [0.4, 0.5) is 0 Å². The van der Waals surface area contributed by atoms with E-state index in [4.69, 9.17) is 19.9 Å². The predicted molar refractivity (Wildman–Crippen MR) is 113 cm³/mol. The molecule has 3 N–H and O–H groups in total. The fraction of sp³-hybridized carbons (Fsp3) is 0.174. The molecule has 0 amide bonds. The number of methoxy groups -OCH3 is 2. The molecule has 2 atom stereocenters. The summed E-state index contributed by atoms with van der Waals surface area (Å²) in [5.41, 5.74) is 9.45. The maximum absolute atomic E-state index is 6.41. The number of aliphatic imine (C=N–C) groups is 1. The lowest BCUT2D eigenvalue weighted by molar-refractivity contribution is 0.364. The van der Waals surface area contributed by atoms with Crippen molar-refractivity contribution in [3.05, 3.63) is 77.2 Å². The number of nitrogens with two attached hydrogens (primary N) is 1. The summed E-state index contributed by atoms with van der Waals surface area (Å²) in [6.45, 7) is 0. The zero-order valence-electron chi connectivity index (χ0n) is 16.2. The molecule has 0 aliphatic carbocycles. The highest BCUT2D eigenvalue weighted by Gasteiger charge is 2.36. The maximum Gasteiger partial charge on any atom is 0.202 e. The molecule has 0 spiro atoms. The van der Waals surface area contributed by atoms with E-state index >= 15 is 0 Å². The van der Waals surface area contributed by atoms with Crippen molar-refractivity contribution in [2.24, 2.45) is 10.7 Å². The van der Waals surface area contributed by atoms with Crippen molar-refractivity contribution in [3.8, 4) is 17.2 Å². The van der Waals surface area contributed by atoms with E-state index in [1.165, 1.54) is 0 Å². The van der Waals surface area contributed by atoms with Crippen molar-refractivity contribution >= 4 is 17.1 Å². The number of nitrogens with one attached hydrogen (secondary N) is 1. The van der Waals surface area contributed by atoms with E-state index in [0.717, 1.165) is 44.7 Å². The van der Waals surface area contributed by atoms with E-state index in [1.807, 2.05) is 30.3 Å². The van der Waals surface area contributed by atoms with Gasteiger partial charge in [-0.3, -0.25) is 4.99 Å². The second-order valence-corrected chi connectivity index (χ2v) is 7.02. The van der Waals surface area contributed by atoms with Gasteiger partial charge in [-0.2, -0.15) is 0 Å². The first kappa shape index (κ1) is 17.6. The van der Waals surface area contributed by atoms with E-state index in [-0.39, 0.29) is 5.92 Å². The highest BCUT2D eigenvalue weighted by atomic mass is 16.5. The predicted octanol–water partition coefficient (Wildman–Crippen LogP) is 3.51. The lowest BCUT2D eigenvalue weighted by atomic mass is 9.79. The average Bonchev–Trinajstić information content (AvgIpc) is 2.77. The minimum absolute atomic E-state index is 0.115. The Labute approximate surface area is 168 Å². The van der Waals surface area contributed by atoms with Gasteiger partial charge in [0.2, 0.25) is 5.88 Å². The van der Waals surface area contributed by atoms with Crippen molar-refractivity contribution < 1.29 is 14.2 Å². The fourth-order valence-electron chi connectivity index (χ4n) is 4.09. The normalized spacial score (nSPS) is 19.8. The van der Waals surface area contributed by atoms with E-state index in [2.05, 4.69) is 34.6 Å². The van der Waals surface area contributed by atoms with Crippen LogP contribution in [-0.2, 0) is 0 Å². The van der Waals surface area contributed by atoms with Crippen molar-refractivity contribution in [3.63, 3.8) is 0 Å². The summed E-state index contributed by atoms with van der Waals surface area (Å²) in [5, 5.41) is 5.30. The van der Waals surface area contributed by atoms with Crippen LogP contribution in [0.15, 0.2) is 71.0 Å².